The molecule has 0 spiro atoms. The molecule has 0 saturated heterocycles. The Bertz CT molecular complexity index is 661. The molecule has 2 rings (SSSR count). The van der Waals surface area contributed by atoms with E-state index in [0.717, 1.165) is 14.5 Å². The van der Waals surface area contributed by atoms with E-state index in [0.29, 0.717) is 18.0 Å². The van der Waals surface area contributed by atoms with Crippen LogP contribution in [0.4, 0.5) is 0 Å². The van der Waals surface area contributed by atoms with Crippen LogP contribution >= 0.6 is 31.9 Å². The molecule has 0 bridgehead atoms. The molecule has 0 aliphatic carbocycles. The van der Waals surface area contributed by atoms with Crippen molar-refractivity contribution >= 4 is 38.1 Å². The maximum absolute atomic E-state index is 5.42. The van der Waals surface area contributed by atoms with Crippen LogP contribution in [0.2, 0.25) is 0 Å². The predicted molar refractivity (Wildman–Crippen MR) is 95.8 cm³/mol. The van der Waals surface area contributed by atoms with Crippen LogP contribution in [-0.4, -0.2) is 20.4 Å². The van der Waals surface area contributed by atoms with Crippen LogP contribution in [0.1, 0.15) is 11.1 Å². The molecule has 0 saturated carbocycles. The number of nitrogens with one attached hydrogen (secondary N) is 1. The highest BCUT2D eigenvalue weighted by Crippen LogP contribution is 2.41. The fraction of sp³-hybridized carbons (Fsp3) is 0.188. The van der Waals surface area contributed by atoms with E-state index in [9.17, 15) is 0 Å². The zero-order valence-electron chi connectivity index (χ0n) is 12.3. The molecule has 4 nitrogen and oxygen atoms in total. The molecule has 0 fully saturated rings. The van der Waals surface area contributed by atoms with Crippen molar-refractivity contribution in [2.75, 3.05) is 14.2 Å². The summed E-state index contributed by atoms with van der Waals surface area (Å²) in [6.07, 6.45) is 1.72. The lowest BCUT2D eigenvalue weighted by Gasteiger charge is -2.13. The molecule has 0 aromatic heterocycles. The molecular formula is C16H16Br2N2O2. The second kappa shape index (κ2) is 8.19. The van der Waals surface area contributed by atoms with E-state index in [1.54, 1.807) is 20.4 Å². The van der Waals surface area contributed by atoms with Gasteiger partial charge in [0.05, 0.1) is 31.5 Å². The Morgan fingerprint density at radius 1 is 1.09 bits per heavy atom. The third-order valence-corrected chi connectivity index (χ3v) is 4.30. The van der Waals surface area contributed by atoms with Crippen molar-refractivity contribution in [1.29, 1.82) is 0 Å². The van der Waals surface area contributed by atoms with Crippen LogP contribution < -0.4 is 14.9 Å². The van der Waals surface area contributed by atoms with Gasteiger partial charge in [-0.3, -0.25) is 0 Å². The summed E-state index contributed by atoms with van der Waals surface area (Å²) in [6.45, 7) is 0.665. The van der Waals surface area contributed by atoms with Gasteiger partial charge in [-0.05, 0) is 43.5 Å². The van der Waals surface area contributed by atoms with E-state index in [1.807, 2.05) is 36.4 Å². The SMILES string of the molecule is COc1c(Br)cc(C=NNCc2ccccc2)c(OC)c1Br. The third-order valence-electron chi connectivity index (χ3n) is 2.99. The molecule has 0 radical (unpaired) electrons. The van der Waals surface area contributed by atoms with Crippen LogP contribution in [0.5, 0.6) is 11.5 Å². The monoisotopic (exact) mass is 426 g/mol. The molecule has 116 valence electrons. The summed E-state index contributed by atoms with van der Waals surface area (Å²) in [4.78, 5) is 0. The van der Waals surface area contributed by atoms with Crippen LogP contribution in [0.25, 0.3) is 0 Å². The van der Waals surface area contributed by atoms with Crippen molar-refractivity contribution in [1.82, 2.24) is 5.43 Å². The maximum atomic E-state index is 5.42. The molecular weight excluding hydrogens is 412 g/mol. The van der Waals surface area contributed by atoms with E-state index < -0.39 is 0 Å². The first-order valence-electron chi connectivity index (χ1n) is 6.57. The molecule has 22 heavy (non-hydrogen) atoms. The fourth-order valence-electron chi connectivity index (χ4n) is 1.94. The number of halogens is 2. The number of methoxy groups -OCH3 is 2. The Morgan fingerprint density at radius 3 is 2.41 bits per heavy atom. The van der Waals surface area contributed by atoms with Crippen LogP contribution in [0, 0.1) is 0 Å². The highest BCUT2D eigenvalue weighted by atomic mass is 79.9. The van der Waals surface area contributed by atoms with Crippen molar-refractivity contribution < 1.29 is 9.47 Å². The Balaban J connectivity index is 2.13. The lowest BCUT2D eigenvalue weighted by molar-refractivity contribution is 0.387. The average Bonchev–Trinajstić information content (AvgIpc) is 2.53. The standard InChI is InChI=1S/C16H16Br2N2O2/c1-21-15-12(8-13(17)16(22-2)14(15)18)10-20-19-9-11-6-4-3-5-7-11/h3-8,10,19H,9H2,1-2H3. The molecule has 0 atom stereocenters. The predicted octanol–water partition coefficient (Wildman–Crippen LogP) is 4.35. The summed E-state index contributed by atoms with van der Waals surface area (Å²) in [5, 5.41) is 4.25. The van der Waals surface area contributed by atoms with Crippen LogP contribution in [0.3, 0.4) is 0 Å². The van der Waals surface area contributed by atoms with Gasteiger partial charge in [0.15, 0.2) is 5.75 Å². The Morgan fingerprint density at radius 2 is 1.77 bits per heavy atom. The zero-order valence-corrected chi connectivity index (χ0v) is 15.4. The fourth-order valence-corrected chi connectivity index (χ4v) is 3.58. The van der Waals surface area contributed by atoms with Gasteiger partial charge < -0.3 is 14.9 Å². The minimum atomic E-state index is 0.665. The number of benzene rings is 2. The second-order valence-corrected chi connectivity index (χ2v) is 6.05. The summed E-state index contributed by atoms with van der Waals surface area (Å²) >= 11 is 6.96. The zero-order chi connectivity index (χ0) is 15.9. The van der Waals surface area contributed by atoms with Gasteiger partial charge in [0, 0.05) is 5.56 Å². The normalized spacial score (nSPS) is 10.7. The second-order valence-electron chi connectivity index (χ2n) is 4.41. The van der Waals surface area contributed by atoms with Gasteiger partial charge in [-0.15, -0.1) is 0 Å². The molecule has 2 aromatic rings. The van der Waals surface area contributed by atoms with E-state index >= 15 is 0 Å². The first kappa shape index (κ1) is 16.8. The Labute approximate surface area is 146 Å². The molecule has 0 unspecified atom stereocenters. The molecule has 0 aliphatic rings. The van der Waals surface area contributed by atoms with E-state index in [2.05, 4.69) is 42.4 Å². The number of hydrazone groups is 1. The first-order valence-corrected chi connectivity index (χ1v) is 8.15. The number of hydrogen-bond donors (Lipinski definition) is 1. The Hall–Kier alpha value is -1.53. The molecule has 1 N–H and O–H groups in total. The van der Waals surface area contributed by atoms with Crippen molar-refractivity contribution in [2.24, 2.45) is 5.10 Å². The summed E-state index contributed by atoms with van der Waals surface area (Å²) < 4.78 is 12.3. The van der Waals surface area contributed by atoms with Gasteiger partial charge in [-0.2, -0.15) is 5.10 Å². The van der Waals surface area contributed by atoms with E-state index in [-0.39, 0.29) is 0 Å². The number of rotatable bonds is 6. The highest BCUT2D eigenvalue weighted by Gasteiger charge is 2.15. The summed E-state index contributed by atoms with van der Waals surface area (Å²) in [5.41, 5.74) is 5.03. The lowest BCUT2D eigenvalue weighted by Crippen LogP contribution is -2.06. The van der Waals surface area contributed by atoms with Crippen LogP contribution in [0.15, 0.2) is 50.4 Å². The van der Waals surface area contributed by atoms with Crippen molar-refractivity contribution in [2.45, 2.75) is 6.54 Å². The minimum absolute atomic E-state index is 0.665. The third kappa shape index (κ3) is 4.01. The van der Waals surface area contributed by atoms with E-state index in [4.69, 9.17) is 9.47 Å². The topological polar surface area (TPSA) is 42.8 Å². The summed E-state index contributed by atoms with van der Waals surface area (Å²) in [5.74, 6) is 1.36. The van der Waals surface area contributed by atoms with Gasteiger partial charge in [0.25, 0.3) is 0 Å². The molecule has 6 heteroatoms. The quantitative estimate of drug-likeness (QED) is 0.550. The maximum Gasteiger partial charge on any atom is 0.151 e. The Kier molecular flexibility index (Phi) is 6.27. The van der Waals surface area contributed by atoms with Gasteiger partial charge in [0.2, 0.25) is 0 Å². The van der Waals surface area contributed by atoms with Gasteiger partial charge in [-0.25, -0.2) is 0 Å². The van der Waals surface area contributed by atoms with Gasteiger partial charge in [0.1, 0.15) is 10.2 Å². The van der Waals surface area contributed by atoms with Gasteiger partial charge >= 0.3 is 0 Å². The van der Waals surface area contributed by atoms with Gasteiger partial charge in [-0.1, -0.05) is 30.3 Å². The van der Waals surface area contributed by atoms with Crippen molar-refractivity contribution in [3.8, 4) is 11.5 Å². The molecule has 0 amide bonds. The average molecular weight is 428 g/mol. The van der Waals surface area contributed by atoms with Crippen LogP contribution in [-0.2, 0) is 6.54 Å². The molecule has 0 aliphatic heterocycles. The lowest BCUT2D eigenvalue weighted by atomic mass is 10.2. The van der Waals surface area contributed by atoms with E-state index in [1.165, 1.54) is 5.56 Å². The summed E-state index contributed by atoms with van der Waals surface area (Å²) in [6, 6.07) is 12.0. The number of hydrogen-bond acceptors (Lipinski definition) is 4. The number of nitrogens with zero attached hydrogens (tertiary/aromatic N) is 1. The van der Waals surface area contributed by atoms with Crippen molar-refractivity contribution in [3.05, 3.63) is 56.5 Å². The minimum Gasteiger partial charge on any atom is -0.495 e. The summed E-state index contributed by atoms with van der Waals surface area (Å²) in [7, 11) is 3.22. The largest absolute Gasteiger partial charge is 0.495 e. The molecule has 0 heterocycles. The smallest absolute Gasteiger partial charge is 0.151 e. The molecule has 2 aromatic carbocycles. The highest BCUT2D eigenvalue weighted by molar-refractivity contribution is 9.11. The number of ether oxygens (including phenoxy) is 2. The first-order chi connectivity index (χ1) is 10.7. The van der Waals surface area contributed by atoms with Crippen molar-refractivity contribution in [3.63, 3.8) is 0 Å².